The third-order valence-electron chi connectivity index (χ3n) is 1.81. The molecule has 0 spiro atoms. The number of aliphatic hydroxyl groups is 1. The normalized spacial score (nSPS) is 11.5. The Bertz CT molecular complexity index is 339. The van der Waals surface area contributed by atoms with Crippen LogP contribution in [0.15, 0.2) is 12.3 Å². The van der Waals surface area contributed by atoms with E-state index in [1.165, 1.54) is 6.92 Å². The molecule has 0 saturated heterocycles. The van der Waals surface area contributed by atoms with E-state index >= 15 is 0 Å². The Morgan fingerprint density at radius 3 is 2.60 bits per heavy atom. The highest BCUT2D eigenvalue weighted by Gasteiger charge is 2.31. The van der Waals surface area contributed by atoms with Gasteiger partial charge in [-0.25, -0.2) is 4.98 Å². The molecule has 6 heteroatoms. The summed E-state index contributed by atoms with van der Waals surface area (Å²) in [7, 11) is 0. The zero-order valence-electron chi connectivity index (χ0n) is 8.10. The maximum Gasteiger partial charge on any atom is 0.417 e. The van der Waals surface area contributed by atoms with E-state index in [1.54, 1.807) is 0 Å². The number of nitrogens with zero attached hydrogens (tertiary/aromatic N) is 1. The van der Waals surface area contributed by atoms with E-state index in [-0.39, 0.29) is 13.2 Å². The first-order chi connectivity index (χ1) is 6.95. The summed E-state index contributed by atoms with van der Waals surface area (Å²) < 4.78 is 36.8. The summed E-state index contributed by atoms with van der Waals surface area (Å²) >= 11 is 0. The van der Waals surface area contributed by atoms with Gasteiger partial charge in [-0.3, -0.25) is 0 Å². The lowest BCUT2D eigenvalue weighted by Gasteiger charge is -2.10. The zero-order chi connectivity index (χ0) is 11.5. The molecule has 3 nitrogen and oxygen atoms in total. The largest absolute Gasteiger partial charge is 0.417 e. The molecule has 0 aromatic carbocycles. The van der Waals surface area contributed by atoms with Gasteiger partial charge in [0.15, 0.2) is 0 Å². The minimum absolute atomic E-state index is 0.0951. The van der Waals surface area contributed by atoms with Crippen LogP contribution in [0.4, 0.5) is 19.0 Å². The fraction of sp³-hybridized carbons (Fsp3) is 0.444. The van der Waals surface area contributed by atoms with E-state index in [0.717, 1.165) is 12.3 Å². The van der Waals surface area contributed by atoms with Gasteiger partial charge < -0.3 is 10.4 Å². The second-order valence-electron chi connectivity index (χ2n) is 3.04. The fourth-order valence-corrected chi connectivity index (χ4v) is 1.09. The number of aromatic nitrogens is 1. The van der Waals surface area contributed by atoms with E-state index in [2.05, 4.69) is 10.3 Å². The summed E-state index contributed by atoms with van der Waals surface area (Å²) in [6.45, 7) is 1.70. The molecule has 1 rings (SSSR count). The number of nitrogens with one attached hydrogen (secondary N) is 1. The predicted molar refractivity (Wildman–Crippen MR) is 49.6 cm³/mol. The van der Waals surface area contributed by atoms with Crippen molar-refractivity contribution in [1.29, 1.82) is 0 Å². The van der Waals surface area contributed by atoms with Crippen molar-refractivity contribution in [2.75, 3.05) is 18.5 Å². The highest BCUT2D eigenvalue weighted by Crippen LogP contribution is 2.30. The fourth-order valence-electron chi connectivity index (χ4n) is 1.09. The molecule has 1 heterocycles. The number of halogens is 3. The number of rotatable bonds is 3. The van der Waals surface area contributed by atoms with Gasteiger partial charge >= 0.3 is 6.18 Å². The maximum absolute atomic E-state index is 12.3. The van der Waals surface area contributed by atoms with Crippen molar-refractivity contribution in [1.82, 2.24) is 4.98 Å². The number of hydrogen-bond acceptors (Lipinski definition) is 3. The molecule has 84 valence electrons. The van der Waals surface area contributed by atoms with Crippen molar-refractivity contribution in [3.63, 3.8) is 0 Å². The van der Waals surface area contributed by atoms with Crippen molar-refractivity contribution in [3.8, 4) is 0 Å². The van der Waals surface area contributed by atoms with Gasteiger partial charge in [-0.2, -0.15) is 13.2 Å². The first-order valence-electron chi connectivity index (χ1n) is 4.33. The van der Waals surface area contributed by atoms with Crippen LogP contribution in [-0.4, -0.2) is 23.2 Å². The zero-order valence-corrected chi connectivity index (χ0v) is 8.10. The van der Waals surface area contributed by atoms with Crippen LogP contribution in [0.3, 0.4) is 0 Å². The molecule has 0 atom stereocenters. The van der Waals surface area contributed by atoms with Crippen LogP contribution in [0.1, 0.15) is 11.1 Å². The van der Waals surface area contributed by atoms with Gasteiger partial charge in [0.2, 0.25) is 0 Å². The van der Waals surface area contributed by atoms with Crippen LogP contribution in [0.25, 0.3) is 0 Å². The predicted octanol–water partition coefficient (Wildman–Crippen LogP) is 1.81. The molecule has 0 fully saturated rings. The average Bonchev–Trinajstić information content (AvgIpc) is 2.14. The smallest absolute Gasteiger partial charge is 0.395 e. The van der Waals surface area contributed by atoms with Crippen molar-refractivity contribution >= 4 is 5.82 Å². The lowest BCUT2D eigenvalue weighted by molar-refractivity contribution is -0.137. The third-order valence-corrected chi connectivity index (χ3v) is 1.81. The first-order valence-corrected chi connectivity index (χ1v) is 4.33. The maximum atomic E-state index is 12.3. The Kier molecular flexibility index (Phi) is 3.52. The van der Waals surface area contributed by atoms with E-state index in [4.69, 9.17) is 5.11 Å². The Morgan fingerprint density at radius 1 is 1.47 bits per heavy atom. The molecule has 0 aliphatic rings. The summed E-state index contributed by atoms with van der Waals surface area (Å²) in [5.41, 5.74) is -0.368. The van der Waals surface area contributed by atoms with Gasteiger partial charge in [-0.1, -0.05) is 0 Å². The van der Waals surface area contributed by atoms with Gasteiger partial charge in [0.05, 0.1) is 12.2 Å². The van der Waals surface area contributed by atoms with Gasteiger partial charge in [0.1, 0.15) is 5.82 Å². The standard InChI is InChI=1S/C9H11F3N2O/c1-6-4-7(9(10,11)12)5-14-8(6)13-2-3-15/h4-5,15H,2-3H2,1H3,(H,13,14). The molecule has 0 saturated carbocycles. The van der Waals surface area contributed by atoms with Crippen LogP contribution in [0, 0.1) is 6.92 Å². The summed E-state index contributed by atoms with van der Waals surface area (Å²) in [6, 6.07) is 1.02. The SMILES string of the molecule is Cc1cc(C(F)(F)F)cnc1NCCO. The highest BCUT2D eigenvalue weighted by atomic mass is 19.4. The minimum Gasteiger partial charge on any atom is -0.395 e. The van der Waals surface area contributed by atoms with Gasteiger partial charge in [0.25, 0.3) is 0 Å². The van der Waals surface area contributed by atoms with E-state index in [9.17, 15) is 13.2 Å². The van der Waals surface area contributed by atoms with E-state index in [0.29, 0.717) is 11.4 Å². The number of anilines is 1. The van der Waals surface area contributed by atoms with E-state index < -0.39 is 11.7 Å². The number of aryl methyl sites for hydroxylation is 1. The lowest BCUT2D eigenvalue weighted by Crippen LogP contribution is -2.11. The van der Waals surface area contributed by atoms with Crippen molar-refractivity contribution in [2.24, 2.45) is 0 Å². The highest BCUT2D eigenvalue weighted by molar-refractivity contribution is 5.44. The molecule has 0 unspecified atom stereocenters. The summed E-state index contributed by atoms with van der Waals surface area (Å²) in [4.78, 5) is 3.64. The Morgan fingerprint density at radius 2 is 2.13 bits per heavy atom. The third kappa shape index (κ3) is 3.09. The average molecular weight is 220 g/mol. The van der Waals surface area contributed by atoms with Crippen LogP contribution >= 0.6 is 0 Å². The molecule has 1 aromatic heterocycles. The first kappa shape index (κ1) is 11.8. The number of pyridine rings is 1. The molecular formula is C9H11F3N2O. The topological polar surface area (TPSA) is 45.2 Å². The molecule has 0 aliphatic carbocycles. The molecule has 0 radical (unpaired) electrons. The van der Waals surface area contributed by atoms with Gasteiger partial charge in [-0.15, -0.1) is 0 Å². The Hall–Kier alpha value is -1.30. The second kappa shape index (κ2) is 4.48. The van der Waals surface area contributed by atoms with Crippen molar-refractivity contribution < 1.29 is 18.3 Å². The second-order valence-corrected chi connectivity index (χ2v) is 3.04. The summed E-state index contributed by atoms with van der Waals surface area (Å²) in [5.74, 6) is 0.358. The lowest BCUT2D eigenvalue weighted by atomic mass is 10.2. The number of hydrogen-bond donors (Lipinski definition) is 2. The molecule has 0 aliphatic heterocycles. The summed E-state index contributed by atoms with van der Waals surface area (Å²) in [6.07, 6.45) is -3.60. The molecule has 15 heavy (non-hydrogen) atoms. The van der Waals surface area contributed by atoms with Gasteiger partial charge in [0, 0.05) is 12.7 Å². The number of aliphatic hydroxyl groups excluding tert-OH is 1. The van der Waals surface area contributed by atoms with Crippen LogP contribution in [0.2, 0.25) is 0 Å². The van der Waals surface area contributed by atoms with Crippen molar-refractivity contribution in [3.05, 3.63) is 23.4 Å². The minimum atomic E-state index is -4.37. The monoisotopic (exact) mass is 220 g/mol. The Labute approximate surface area is 85.0 Å². The molecule has 0 bridgehead atoms. The van der Waals surface area contributed by atoms with E-state index in [1.807, 2.05) is 0 Å². The molecule has 0 amide bonds. The molecule has 1 aromatic rings. The Balaban J connectivity index is 2.88. The van der Waals surface area contributed by atoms with Crippen molar-refractivity contribution in [2.45, 2.75) is 13.1 Å². The van der Waals surface area contributed by atoms with Crippen LogP contribution < -0.4 is 5.32 Å². The van der Waals surface area contributed by atoms with Crippen LogP contribution in [-0.2, 0) is 6.18 Å². The van der Waals surface area contributed by atoms with Gasteiger partial charge in [-0.05, 0) is 18.6 Å². The summed E-state index contributed by atoms with van der Waals surface area (Å²) in [5, 5.41) is 11.2. The quantitative estimate of drug-likeness (QED) is 0.816. The van der Waals surface area contributed by atoms with Crippen LogP contribution in [0.5, 0.6) is 0 Å². The number of alkyl halides is 3. The molecular weight excluding hydrogens is 209 g/mol. The molecule has 2 N–H and O–H groups in total.